The molecular formula is C14H15BrF3NO2. The summed E-state index contributed by atoms with van der Waals surface area (Å²) < 4.78 is 43.3. The predicted octanol–water partition coefficient (Wildman–Crippen LogP) is 3.34. The second kappa shape index (κ2) is 6.68. The number of ether oxygens (including phenoxy) is 1. The van der Waals surface area contributed by atoms with Crippen molar-refractivity contribution in [2.24, 2.45) is 0 Å². The molecule has 0 aliphatic carbocycles. The van der Waals surface area contributed by atoms with Crippen molar-refractivity contribution in [3.05, 3.63) is 29.8 Å². The number of alkyl halides is 4. The van der Waals surface area contributed by atoms with E-state index in [0.29, 0.717) is 29.7 Å². The average molecular weight is 366 g/mol. The molecule has 1 amide bonds. The Kier molecular flexibility index (Phi) is 5.13. The first-order valence-corrected chi connectivity index (χ1v) is 7.68. The molecule has 116 valence electrons. The third-order valence-corrected chi connectivity index (χ3v) is 3.65. The van der Waals surface area contributed by atoms with Gasteiger partial charge in [-0.25, -0.2) is 0 Å². The number of halogens is 4. The third-order valence-electron chi connectivity index (χ3n) is 3.29. The number of hydrogen-bond acceptors (Lipinski definition) is 2. The van der Waals surface area contributed by atoms with Gasteiger partial charge >= 0.3 is 6.18 Å². The lowest BCUT2D eigenvalue weighted by molar-refractivity contribution is -0.161. The molecule has 1 aromatic rings. The minimum atomic E-state index is -4.40. The average Bonchev–Trinajstić information content (AvgIpc) is 2.44. The van der Waals surface area contributed by atoms with Gasteiger partial charge in [0.05, 0.1) is 12.5 Å². The van der Waals surface area contributed by atoms with Crippen LogP contribution < -0.4 is 4.74 Å². The van der Waals surface area contributed by atoms with Crippen molar-refractivity contribution in [2.45, 2.75) is 18.5 Å². The lowest BCUT2D eigenvalue weighted by Gasteiger charge is -2.31. The van der Waals surface area contributed by atoms with E-state index in [1.54, 1.807) is 24.3 Å². The van der Waals surface area contributed by atoms with Gasteiger partial charge in [-0.1, -0.05) is 34.1 Å². The lowest BCUT2D eigenvalue weighted by atomic mass is 9.92. The molecule has 1 atom stereocenters. The molecular weight excluding hydrogens is 351 g/mol. The van der Waals surface area contributed by atoms with Gasteiger partial charge < -0.3 is 9.64 Å². The van der Waals surface area contributed by atoms with Crippen molar-refractivity contribution in [1.29, 1.82) is 0 Å². The fraction of sp³-hybridized carbons (Fsp3) is 0.500. The Balaban J connectivity index is 2.21. The van der Waals surface area contributed by atoms with E-state index in [1.807, 2.05) is 0 Å². The summed E-state index contributed by atoms with van der Waals surface area (Å²) in [7, 11) is 0. The van der Waals surface area contributed by atoms with Crippen LogP contribution in [-0.4, -0.2) is 42.0 Å². The van der Waals surface area contributed by atoms with Crippen molar-refractivity contribution >= 4 is 21.8 Å². The van der Waals surface area contributed by atoms with E-state index in [0.717, 1.165) is 4.90 Å². The van der Waals surface area contributed by atoms with Crippen LogP contribution in [0.5, 0.6) is 5.75 Å². The molecule has 0 fully saturated rings. The molecule has 0 aromatic heterocycles. The predicted molar refractivity (Wildman–Crippen MR) is 75.7 cm³/mol. The summed E-state index contributed by atoms with van der Waals surface area (Å²) in [5.74, 6) is -0.494. The Bertz CT molecular complexity index is 507. The van der Waals surface area contributed by atoms with Crippen LogP contribution in [-0.2, 0) is 4.79 Å². The maximum atomic E-state index is 12.6. The molecule has 21 heavy (non-hydrogen) atoms. The topological polar surface area (TPSA) is 29.5 Å². The SMILES string of the molecule is O=C(C1CCOc2ccccc21)N(CCBr)CC(F)(F)F. The fourth-order valence-electron chi connectivity index (χ4n) is 2.40. The zero-order valence-corrected chi connectivity index (χ0v) is 12.8. The summed E-state index contributed by atoms with van der Waals surface area (Å²) in [6.07, 6.45) is -4.00. The quantitative estimate of drug-likeness (QED) is 0.765. The minimum Gasteiger partial charge on any atom is -0.493 e. The molecule has 2 rings (SSSR count). The van der Waals surface area contributed by atoms with Crippen LogP contribution in [0.15, 0.2) is 24.3 Å². The number of rotatable bonds is 4. The maximum absolute atomic E-state index is 12.6. The van der Waals surface area contributed by atoms with Gasteiger partial charge in [-0.15, -0.1) is 0 Å². The van der Waals surface area contributed by atoms with Gasteiger partial charge in [-0.05, 0) is 12.5 Å². The first-order chi connectivity index (χ1) is 9.92. The number of para-hydroxylation sites is 1. The Morgan fingerprint density at radius 2 is 2.10 bits per heavy atom. The Morgan fingerprint density at radius 3 is 2.76 bits per heavy atom. The summed E-state index contributed by atoms with van der Waals surface area (Å²) in [4.78, 5) is 13.3. The summed E-state index contributed by atoms with van der Waals surface area (Å²) in [5.41, 5.74) is 0.662. The van der Waals surface area contributed by atoms with Gasteiger partial charge in [-0.3, -0.25) is 4.79 Å². The highest BCUT2D eigenvalue weighted by Gasteiger charge is 2.37. The van der Waals surface area contributed by atoms with Crippen LogP contribution in [0.25, 0.3) is 0 Å². The second-order valence-corrected chi connectivity index (χ2v) is 5.58. The third kappa shape index (κ3) is 4.12. The molecule has 0 radical (unpaired) electrons. The molecule has 1 aromatic carbocycles. The standard InChI is InChI=1S/C14H15BrF3NO2/c15-6-7-19(9-14(16,17)18)13(20)11-5-8-21-12-4-2-1-3-10(11)12/h1-4,11H,5-9H2. The fourth-order valence-corrected chi connectivity index (χ4v) is 2.83. The summed E-state index contributed by atoms with van der Waals surface area (Å²) in [5, 5.41) is 0.305. The van der Waals surface area contributed by atoms with Crippen LogP contribution in [0.3, 0.4) is 0 Å². The molecule has 0 bridgehead atoms. The summed E-state index contributed by atoms with van der Waals surface area (Å²) in [6, 6.07) is 6.99. The van der Waals surface area contributed by atoms with E-state index >= 15 is 0 Å². The van der Waals surface area contributed by atoms with Gasteiger partial charge in [0.25, 0.3) is 0 Å². The molecule has 7 heteroatoms. The number of amides is 1. The van der Waals surface area contributed by atoms with E-state index in [4.69, 9.17) is 4.74 Å². The number of nitrogens with zero attached hydrogens (tertiary/aromatic N) is 1. The highest BCUT2D eigenvalue weighted by molar-refractivity contribution is 9.09. The molecule has 1 heterocycles. The molecule has 0 spiro atoms. The summed E-state index contributed by atoms with van der Waals surface area (Å²) in [6.45, 7) is -0.865. The zero-order chi connectivity index (χ0) is 15.5. The van der Waals surface area contributed by atoms with E-state index in [-0.39, 0.29) is 6.54 Å². The molecule has 0 saturated carbocycles. The molecule has 0 saturated heterocycles. The van der Waals surface area contributed by atoms with E-state index in [2.05, 4.69) is 15.9 Å². The van der Waals surface area contributed by atoms with Crippen LogP contribution in [0.2, 0.25) is 0 Å². The lowest BCUT2D eigenvalue weighted by Crippen LogP contribution is -2.43. The van der Waals surface area contributed by atoms with Gasteiger partial charge in [0, 0.05) is 17.4 Å². The van der Waals surface area contributed by atoms with Crippen LogP contribution in [0, 0.1) is 0 Å². The Labute approximate surface area is 129 Å². The number of carbonyl (C=O) groups excluding carboxylic acids is 1. The summed E-state index contributed by atoms with van der Waals surface area (Å²) >= 11 is 3.10. The smallest absolute Gasteiger partial charge is 0.406 e. The van der Waals surface area contributed by atoms with Crippen molar-refractivity contribution in [1.82, 2.24) is 4.90 Å². The largest absolute Gasteiger partial charge is 0.493 e. The monoisotopic (exact) mass is 365 g/mol. The van der Waals surface area contributed by atoms with Gasteiger partial charge in [0.1, 0.15) is 12.3 Å². The van der Waals surface area contributed by atoms with Crippen molar-refractivity contribution in [3.8, 4) is 5.75 Å². The van der Waals surface area contributed by atoms with Crippen molar-refractivity contribution < 1.29 is 22.7 Å². The highest BCUT2D eigenvalue weighted by Crippen LogP contribution is 2.35. The molecule has 0 N–H and O–H groups in total. The number of carbonyl (C=O) groups is 1. The normalized spacial score (nSPS) is 17.8. The molecule has 1 unspecified atom stereocenters. The zero-order valence-electron chi connectivity index (χ0n) is 11.2. The number of benzene rings is 1. The maximum Gasteiger partial charge on any atom is 0.406 e. The Morgan fingerprint density at radius 1 is 1.38 bits per heavy atom. The second-order valence-electron chi connectivity index (χ2n) is 4.79. The van der Waals surface area contributed by atoms with Crippen LogP contribution >= 0.6 is 15.9 Å². The molecule has 3 nitrogen and oxygen atoms in total. The highest BCUT2D eigenvalue weighted by atomic mass is 79.9. The van der Waals surface area contributed by atoms with Gasteiger partial charge in [0.2, 0.25) is 5.91 Å². The van der Waals surface area contributed by atoms with Crippen LogP contribution in [0.4, 0.5) is 13.2 Å². The van der Waals surface area contributed by atoms with Crippen molar-refractivity contribution in [3.63, 3.8) is 0 Å². The van der Waals surface area contributed by atoms with Gasteiger partial charge in [0.15, 0.2) is 0 Å². The van der Waals surface area contributed by atoms with Gasteiger partial charge in [-0.2, -0.15) is 13.2 Å². The van der Waals surface area contributed by atoms with E-state index in [9.17, 15) is 18.0 Å². The number of fused-ring (bicyclic) bond motifs is 1. The molecule has 1 aliphatic rings. The molecule has 1 aliphatic heterocycles. The minimum absolute atomic E-state index is 0.0257. The number of hydrogen-bond donors (Lipinski definition) is 0. The van der Waals surface area contributed by atoms with E-state index < -0.39 is 24.5 Å². The first kappa shape index (κ1) is 16.1. The Hall–Kier alpha value is -1.24. The van der Waals surface area contributed by atoms with Crippen molar-refractivity contribution in [2.75, 3.05) is 25.0 Å². The van der Waals surface area contributed by atoms with E-state index in [1.165, 1.54) is 0 Å². The first-order valence-electron chi connectivity index (χ1n) is 6.55. The van der Waals surface area contributed by atoms with Crippen LogP contribution in [0.1, 0.15) is 17.9 Å².